The van der Waals surface area contributed by atoms with E-state index in [4.69, 9.17) is 0 Å². The average molecular weight is 329 g/mol. The van der Waals surface area contributed by atoms with Crippen molar-refractivity contribution < 1.29 is 4.39 Å². The molecule has 0 aliphatic heterocycles. The summed E-state index contributed by atoms with van der Waals surface area (Å²) >= 11 is 0. The molecule has 24 heavy (non-hydrogen) atoms. The van der Waals surface area contributed by atoms with Crippen molar-refractivity contribution in [1.82, 2.24) is 0 Å². The number of benzene rings is 1. The molecule has 0 heterocycles. The van der Waals surface area contributed by atoms with Crippen LogP contribution in [0.2, 0.25) is 0 Å². The minimum atomic E-state index is -0.121. The lowest BCUT2D eigenvalue weighted by atomic mass is 9.77. The van der Waals surface area contributed by atoms with Gasteiger partial charge in [-0.15, -0.1) is 0 Å². The third kappa shape index (κ3) is 4.94. The average Bonchev–Trinajstić information content (AvgIpc) is 2.63. The summed E-state index contributed by atoms with van der Waals surface area (Å²) in [6.07, 6.45) is 18.7. The third-order valence-electron chi connectivity index (χ3n) is 6.36. The smallest absolute Gasteiger partial charge is 0.123 e. The van der Waals surface area contributed by atoms with Gasteiger partial charge < -0.3 is 0 Å². The molecular formula is C23H33F. The second-order valence-corrected chi connectivity index (χ2v) is 8.12. The number of allylic oxidation sites excluding steroid dienone is 2. The van der Waals surface area contributed by atoms with Gasteiger partial charge in [-0.2, -0.15) is 0 Å². The van der Waals surface area contributed by atoms with Gasteiger partial charge >= 0.3 is 0 Å². The first-order valence-electron chi connectivity index (χ1n) is 10.2. The maximum Gasteiger partial charge on any atom is 0.123 e. The second kappa shape index (κ2) is 8.83. The zero-order valence-corrected chi connectivity index (χ0v) is 15.2. The molecule has 0 spiro atoms. The summed E-state index contributed by atoms with van der Waals surface area (Å²) in [5.74, 6) is 3.14. The van der Waals surface area contributed by atoms with Crippen molar-refractivity contribution in [3.05, 3.63) is 47.8 Å². The monoisotopic (exact) mass is 328 g/mol. The maximum atomic E-state index is 13.1. The summed E-state index contributed by atoms with van der Waals surface area (Å²) in [5, 5.41) is 0. The van der Waals surface area contributed by atoms with Crippen LogP contribution in [0.15, 0.2) is 36.4 Å². The van der Waals surface area contributed by atoms with Crippen molar-refractivity contribution >= 4 is 0 Å². The van der Waals surface area contributed by atoms with E-state index in [0.717, 1.165) is 17.8 Å². The Bertz CT molecular complexity index is 499. The molecule has 132 valence electrons. The summed E-state index contributed by atoms with van der Waals surface area (Å²) in [7, 11) is 0. The van der Waals surface area contributed by atoms with Crippen molar-refractivity contribution in [2.45, 2.75) is 77.0 Å². The fraction of sp³-hybridized carbons (Fsp3) is 0.652. The molecule has 1 heteroatoms. The van der Waals surface area contributed by atoms with E-state index in [9.17, 15) is 4.39 Å². The Labute approximate surface area is 147 Å². The predicted octanol–water partition coefficient (Wildman–Crippen LogP) is 7.26. The van der Waals surface area contributed by atoms with Crippen molar-refractivity contribution in [2.24, 2.45) is 17.8 Å². The largest absolute Gasteiger partial charge is 0.207 e. The molecular weight excluding hydrogens is 295 g/mol. The van der Waals surface area contributed by atoms with Crippen LogP contribution in [0.3, 0.4) is 0 Å². The Morgan fingerprint density at radius 3 is 1.92 bits per heavy atom. The van der Waals surface area contributed by atoms with Gasteiger partial charge in [-0.25, -0.2) is 4.39 Å². The molecule has 0 unspecified atom stereocenters. The fourth-order valence-electron chi connectivity index (χ4n) is 4.77. The van der Waals surface area contributed by atoms with E-state index < -0.39 is 0 Å². The zero-order valence-electron chi connectivity index (χ0n) is 15.2. The van der Waals surface area contributed by atoms with Crippen LogP contribution in [0.25, 0.3) is 0 Å². The fourth-order valence-corrected chi connectivity index (χ4v) is 4.77. The Kier molecular flexibility index (Phi) is 6.51. The molecule has 1 aromatic rings. The van der Waals surface area contributed by atoms with Gasteiger partial charge in [0.05, 0.1) is 0 Å². The molecule has 0 radical (unpaired) electrons. The van der Waals surface area contributed by atoms with Gasteiger partial charge in [0.1, 0.15) is 5.82 Å². The van der Waals surface area contributed by atoms with Crippen LogP contribution in [0, 0.1) is 23.6 Å². The summed E-state index contributed by atoms with van der Waals surface area (Å²) in [5.41, 5.74) is 1.33. The van der Waals surface area contributed by atoms with Gasteiger partial charge in [0.15, 0.2) is 0 Å². The van der Waals surface area contributed by atoms with Crippen molar-refractivity contribution in [2.75, 3.05) is 0 Å². The van der Waals surface area contributed by atoms with E-state index >= 15 is 0 Å². The molecule has 2 aliphatic carbocycles. The molecule has 0 amide bonds. The van der Waals surface area contributed by atoms with Crippen LogP contribution in [0.5, 0.6) is 0 Å². The number of rotatable bonds is 5. The minimum absolute atomic E-state index is 0.121. The molecule has 0 aromatic heterocycles. The van der Waals surface area contributed by atoms with Crippen LogP contribution >= 0.6 is 0 Å². The highest BCUT2D eigenvalue weighted by molar-refractivity contribution is 5.21. The first-order chi connectivity index (χ1) is 11.7. The number of halogens is 1. The second-order valence-electron chi connectivity index (χ2n) is 8.12. The molecule has 2 saturated carbocycles. The third-order valence-corrected chi connectivity index (χ3v) is 6.36. The summed E-state index contributed by atoms with van der Waals surface area (Å²) in [6.45, 7) is 2.31. The summed E-state index contributed by atoms with van der Waals surface area (Å²) < 4.78 is 13.1. The number of hydrogen-bond acceptors (Lipinski definition) is 0. The Morgan fingerprint density at radius 2 is 1.38 bits per heavy atom. The van der Waals surface area contributed by atoms with Gasteiger partial charge in [-0.3, -0.25) is 0 Å². The molecule has 0 bridgehead atoms. The van der Waals surface area contributed by atoms with Gasteiger partial charge in [0.2, 0.25) is 0 Å². The van der Waals surface area contributed by atoms with Crippen molar-refractivity contribution in [1.29, 1.82) is 0 Å². The summed E-state index contributed by atoms with van der Waals surface area (Å²) in [6, 6.07) is 7.17. The van der Waals surface area contributed by atoms with E-state index in [2.05, 4.69) is 19.1 Å². The molecule has 1 aromatic carbocycles. The molecule has 2 fully saturated rings. The maximum absolute atomic E-state index is 13.1. The van der Waals surface area contributed by atoms with Crippen molar-refractivity contribution in [3.8, 4) is 0 Å². The molecule has 2 aliphatic rings. The first kappa shape index (κ1) is 17.7. The quantitative estimate of drug-likeness (QED) is 0.499. The molecule has 3 rings (SSSR count). The van der Waals surface area contributed by atoms with E-state index in [0.29, 0.717) is 5.92 Å². The number of hydrogen-bond donors (Lipinski definition) is 0. The molecule has 0 N–H and O–H groups in total. The molecule has 0 atom stereocenters. The van der Waals surface area contributed by atoms with Crippen LogP contribution in [0.4, 0.5) is 4.39 Å². The van der Waals surface area contributed by atoms with Gasteiger partial charge in [-0.1, -0.05) is 44.1 Å². The molecule has 0 saturated heterocycles. The first-order valence-corrected chi connectivity index (χ1v) is 10.2. The predicted molar refractivity (Wildman–Crippen MR) is 101 cm³/mol. The van der Waals surface area contributed by atoms with Crippen molar-refractivity contribution in [3.63, 3.8) is 0 Å². The highest BCUT2D eigenvalue weighted by atomic mass is 19.1. The Morgan fingerprint density at radius 1 is 0.833 bits per heavy atom. The topological polar surface area (TPSA) is 0 Å². The lowest BCUT2D eigenvalue weighted by molar-refractivity contribution is 0.292. The highest BCUT2D eigenvalue weighted by Crippen LogP contribution is 2.37. The lowest BCUT2D eigenvalue weighted by Crippen LogP contribution is -2.14. The highest BCUT2D eigenvalue weighted by Gasteiger charge is 2.22. The van der Waals surface area contributed by atoms with Crippen LogP contribution in [0.1, 0.15) is 82.6 Å². The van der Waals surface area contributed by atoms with Crippen LogP contribution in [-0.4, -0.2) is 0 Å². The molecule has 0 nitrogen and oxygen atoms in total. The van der Waals surface area contributed by atoms with Crippen LogP contribution in [-0.2, 0) is 0 Å². The van der Waals surface area contributed by atoms with Gasteiger partial charge in [-0.05, 0) is 92.7 Å². The standard InChI is InChI=1S/C23H33F/c1-2-3-18-4-6-19(7-5-18)8-9-20-10-12-21(13-11-20)22-14-16-23(24)17-15-22/h8-9,14-21H,2-7,10-13H2,1H3/t18-,19-,20-,21-. The Hall–Kier alpha value is -1.11. The SMILES string of the molecule is CCC[C@H]1CC[C@H](C=C[C@H]2CC[C@H](c3ccc(F)cc3)CC2)CC1. The summed E-state index contributed by atoms with van der Waals surface area (Å²) in [4.78, 5) is 0. The van der Waals surface area contributed by atoms with Gasteiger partial charge in [0.25, 0.3) is 0 Å². The minimum Gasteiger partial charge on any atom is -0.207 e. The van der Waals surface area contributed by atoms with E-state index in [1.807, 2.05) is 12.1 Å². The lowest BCUT2D eigenvalue weighted by Gasteiger charge is -2.29. The van der Waals surface area contributed by atoms with E-state index in [-0.39, 0.29) is 5.82 Å². The van der Waals surface area contributed by atoms with Gasteiger partial charge in [0, 0.05) is 0 Å². The normalized spacial score (nSPS) is 31.4. The van der Waals surface area contributed by atoms with E-state index in [1.54, 1.807) is 12.1 Å². The van der Waals surface area contributed by atoms with E-state index in [1.165, 1.54) is 69.8 Å². The Balaban J connectivity index is 1.41. The zero-order chi connectivity index (χ0) is 16.8. The van der Waals surface area contributed by atoms with Crippen LogP contribution < -0.4 is 0 Å².